The Balaban J connectivity index is 1.51. The molecular formula is C21H29N5O2. The van der Waals surface area contributed by atoms with Crippen molar-refractivity contribution < 1.29 is 9.59 Å². The minimum Gasteiger partial charge on any atom is -0.310 e. The number of carbonyl (C=O) groups excluding carboxylic acids is 2. The number of fused-ring (bicyclic) bond motifs is 3. The normalized spacial score (nSPS) is 28.4. The number of nitrogens with zero attached hydrogens (tertiary/aromatic N) is 4. The summed E-state index contributed by atoms with van der Waals surface area (Å²) >= 11 is 0. The number of benzene rings is 1. The van der Waals surface area contributed by atoms with E-state index in [4.69, 9.17) is 0 Å². The van der Waals surface area contributed by atoms with Gasteiger partial charge in [-0.15, -0.1) is 0 Å². The Bertz CT molecular complexity index is 767. The van der Waals surface area contributed by atoms with Crippen LogP contribution in [-0.4, -0.2) is 83.3 Å². The van der Waals surface area contributed by atoms with E-state index in [9.17, 15) is 9.59 Å². The molecule has 3 saturated heterocycles. The molecule has 0 spiro atoms. The van der Waals surface area contributed by atoms with E-state index in [1.165, 1.54) is 10.5 Å². The van der Waals surface area contributed by atoms with Crippen molar-refractivity contribution in [3.05, 3.63) is 48.0 Å². The molecule has 0 saturated carbocycles. The quantitative estimate of drug-likeness (QED) is 0.777. The summed E-state index contributed by atoms with van der Waals surface area (Å²) in [4.78, 5) is 33.5. The number of amides is 3. The van der Waals surface area contributed by atoms with Gasteiger partial charge in [0.05, 0.1) is 6.54 Å². The number of likely N-dealkylation sites (N-methyl/N-ethyl adjacent to an activating group) is 1. The third-order valence-electron chi connectivity index (χ3n) is 5.93. The van der Waals surface area contributed by atoms with Crippen LogP contribution in [0.15, 0.2) is 42.5 Å². The van der Waals surface area contributed by atoms with Gasteiger partial charge in [0.2, 0.25) is 0 Å². The van der Waals surface area contributed by atoms with Crippen LogP contribution in [-0.2, 0) is 11.2 Å². The van der Waals surface area contributed by atoms with Gasteiger partial charge in [0.15, 0.2) is 0 Å². The Kier molecular flexibility index (Phi) is 5.23. The lowest BCUT2D eigenvalue weighted by atomic mass is 10.1. The van der Waals surface area contributed by atoms with Gasteiger partial charge < -0.3 is 4.90 Å². The molecule has 150 valence electrons. The van der Waals surface area contributed by atoms with Crippen LogP contribution in [0.1, 0.15) is 18.9 Å². The van der Waals surface area contributed by atoms with Gasteiger partial charge in [-0.05, 0) is 25.3 Å². The highest BCUT2D eigenvalue weighted by atomic mass is 16.2. The maximum Gasteiger partial charge on any atom is 0.328 e. The van der Waals surface area contributed by atoms with Crippen LogP contribution in [0, 0.1) is 0 Å². The number of carbonyl (C=O) groups is 2. The summed E-state index contributed by atoms with van der Waals surface area (Å²) in [6.07, 6.45) is 1.68. The number of urea groups is 1. The summed E-state index contributed by atoms with van der Waals surface area (Å²) in [7, 11) is 1.78. The van der Waals surface area contributed by atoms with Gasteiger partial charge >= 0.3 is 6.03 Å². The number of imide groups is 1. The molecule has 3 heterocycles. The van der Waals surface area contributed by atoms with Gasteiger partial charge in [-0.2, -0.15) is 0 Å². The van der Waals surface area contributed by atoms with Crippen molar-refractivity contribution in [2.45, 2.75) is 38.3 Å². The summed E-state index contributed by atoms with van der Waals surface area (Å²) in [5, 5.41) is 3.55. The monoisotopic (exact) mass is 383 g/mol. The molecule has 0 aliphatic carbocycles. The Morgan fingerprint density at radius 2 is 1.96 bits per heavy atom. The van der Waals surface area contributed by atoms with Crippen molar-refractivity contribution in [2.24, 2.45) is 0 Å². The fourth-order valence-corrected chi connectivity index (χ4v) is 4.56. The van der Waals surface area contributed by atoms with Crippen LogP contribution in [0.25, 0.3) is 0 Å². The molecule has 4 rings (SSSR count). The SMILES string of the molecule is C=C(C)CN1C(=O)C2C(NC3N(CCc4ccccc4)CCCN23)N(C)C1=O. The Labute approximate surface area is 166 Å². The number of rotatable bonds is 5. The molecule has 7 heteroatoms. The van der Waals surface area contributed by atoms with E-state index < -0.39 is 0 Å². The van der Waals surface area contributed by atoms with Crippen molar-refractivity contribution in [1.29, 1.82) is 0 Å². The first-order valence-electron chi connectivity index (χ1n) is 9.99. The molecule has 3 amide bonds. The maximum atomic E-state index is 13.2. The second kappa shape index (κ2) is 7.66. The molecule has 1 N–H and O–H groups in total. The van der Waals surface area contributed by atoms with Crippen LogP contribution in [0.5, 0.6) is 0 Å². The van der Waals surface area contributed by atoms with E-state index in [2.05, 4.69) is 46.0 Å². The Hall–Kier alpha value is -2.22. The smallest absolute Gasteiger partial charge is 0.310 e. The largest absolute Gasteiger partial charge is 0.328 e. The number of hydrogen-bond donors (Lipinski definition) is 1. The predicted octanol–water partition coefficient (Wildman–Crippen LogP) is 1.29. The van der Waals surface area contributed by atoms with Gasteiger partial charge in [0.25, 0.3) is 5.91 Å². The van der Waals surface area contributed by atoms with Gasteiger partial charge in [0, 0.05) is 26.7 Å². The maximum absolute atomic E-state index is 13.2. The molecule has 0 radical (unpaired) electrons. The van der Waals surface area contributed by atoms with Crippen molar-refractivity contribution in [3.63, 3.8) is 0 Å². The zero-order valence-electron chi connectivity index (χ0n) is 16.7. The summed E-state index contributed by atoms with van der Waals surface area (Å²) in [5.74, 6) is -0.115. The Morgan fingerprint density at radius 1 is 1.21 bits per heavy atom. The van der Waals surface area contributed by atoms with Crippen LogP contribution < -0.4 is 5.32 Å². The van der Waals surface area contributed by atoms with E-state index in [-0.39, 0.29) is 37.0 Å². The molecule has 1 aromatic rings. The first-order chi connectivity index (χ1) is 13.5. The molecule has 28 heavy (non-hydrogen) atoms. The predicted molar refractivity (Wildman–Crippen MR) is 107 cm³/mol. The van der Waals surface area contributed by atoms with Crippen LogP contribution in [0.2, 0.25) is 0 Å². The standard InChI is InChI=1S/C21H29N5O2/c1-15(2)14-26-19(27)17-18(23(3)21(26)28)22-20-24(11-7-12-25(17)20)13-10-16-8-5-4-6-9-16/h4-6,8-9,17-18,20,22H,1,7,10-14H2,2-3H3. The zero-order valence-corrected chi connectivity index (χ0v) is 16.7. The van der Waals surface area contributed by atoms with E-state index in [1.54, 1.807) is 11.9 Å². The van der Waals surface area contributed by atoms with Crippen molar-refractivity contribution >= 4 is 11.9 Å². The topological polar surface area (TPSA) is 59.1 Å². The van der Waals surface area contributed by atoms with E-state index >= 15 is 0 Å². The van der Waals surface area contributed by atoms with E-state index in [0.29, 0.717) is 0 Å². The molecule has 7 nitrogen and oxygen atoms in total. The van der Waals surface area contributed by atoms with Crippen LogP contribution in [0.4, 0.5) is 4.79 Å². The minimum absolute atomic E-state index is 0.0172. The third kappa shape index (κ3) is 3.34. The Morgan fingerprint density at radius 3 is 2.68 bits per heavy atom. The number of nitrogens with one attached hydrogen (secondary N) is 1. The summed E-state index contributed by atoms with van der Waals surface area (Å²) in [5.41, 5.74) is 2.12. The van der Waals surface area contributed by atoms with Crippen LogP contribution in [0.3, 0.4) is 0 Å². The van der Waals surface area contributed by atoms with E-state index in [1.807, 2.05) is 13.0 Å². The molecule has 3 fully saturated rings. The first kappa shape index (κ1) is 19.1. The molecule has 3 aliphatic rings. The molecule has 3 unspecified atom stereocenters. The van der Waals surface area contributed by atoms with Gasteiger partial charge in [-0.3, -0.25) is 24.8 Å². The highest BCUT2D eigenvalue weighted by molar-refractivity contribution is 6.00. The average Bonchev–Trinajstić information content (AvgIpc) is 3.09. The first-order valence-corrected chi connectivity index (χ1v) is 9.99. The van der Waals surface area contributed by atoms with Crippen molar-refractivity contribution in [2.75, 3.05) is 33.2 Å². The van der Waals surface area contributed by atoms with E-state index in [0.717, 1.165) is 38.0 Å². The molecule has 3 aliphatic heterocycles. The fraction of sp³-hybridized carbons (Fsp3) is 0.524. The van der Waals surface area contributed by atoms with Crippen LogP contribution >= 0.6 is 0 Å². The number of hydrogen-bond acceptors (Lipinski definition) is 5. The lowest BCUT2D eigenvalue weighted by molar-refractivity contribution is -0.139. The van der Waals surface area contributed by atoms with Gasteiger partial charge in [-0.1, -0.05) is 42.5 Å². The highest BCUT2D eigenvalue weighted by Gasteiger charge is 2.55. The third-order valence-corrected chi connectivity index (χ3v) is 5.93. The molecule has 3 atom stereocenters. The lowest BCUT2D eigenvalue weighted by Crippen LogP contribution is -2.66. The van der Waals surface area contributed by atoms with Crippen molar-refractivity contribution in [1.82, 2.24) is 24.9 Å². The molecule has 0 bridgehead atoms. The van der Waals surface area contributed by atoms with Gasteiger partial charge in [0.1, 0.15) is 18.5 Å². The molecule has 0 aromatic heterocycles. The minimum atomic E-state index is -0.341. The fourth-order valence-electron chi connectivity index (χ4n) is 4.56. The van der Waals surface area contributed by atoms with Crippen molar-refractivity contribution in [3.8, 4) is 0 Å². The summed E-state index contributed by atoms with van der Waals surface area (Å²) in [6.45, 7) is 8.75. The summed E-state index contributed by atoms with van der Waals surface area (Å²) in [6, 6.07) is 9.86. The zero-order chi connectivity index (χ0) is 19.8. The highest BCUT2D eigenvalue weighted by Crippen LogP contribution is 2.30. The lowest BCUT2D eigenvalue weighted by Gasteiger charge is -2.43. The van der Waals surface area contributed by atoms with Gasteiger partial charge in [-0.25, -0.2) is 4.79 Å². The second-order valence-electron chi connectivity index (χ2n) is 8.07. The summed E-state index contributed by atoms with van der Waals surface area (Å²) < 4.78 is 0. The molecule has 1 aromatic carbocycles. The molecular weight excluding hydrogens is 354 g/mol. The second-order valence-corrected chi connectivity index (χ2v) is 8.07. The average molecular weight is 383 g/mol.